The molecule has 0 rings (SSSR count). The molecule has 0 fully saturated rings. The zero-order valence-electron chi connectivity index (χ0n) is 2.54. The molecule has 0 bridgehead atoms. The molecule has 6 heteroatoms. The Bertz CT molecular complexity index is 30.5. The van der Waals surface area contributed by atoms with Gasteiger partial charge in [-0.1, -0.05) is 0 Å². The average molecular weight is 140 g/mol. The molecule has 0 aliphatic heterocycles. The SMILES string of the molecule is O.O=[N+]([O-])O.[Co]. The Labute approximate surface area is 43.6 Å². The number of hydrogen-bond acceptors (Lipinski definition) is 2. The maximum atomic E-state index is 8.36. The molecule has 0 amide bonds. The largest absolute Gasteiger partial charge is 0.412 e. The molecule has 0 aromatic carbocycles. The van der Waals surface area contributed by atoms with Crippen LogP contribution in [0.5, 0.6) is 0 Å². The number of rotatable bonds is 0. The van der Waals surface area contributed by atoms with Gasteiger partial charge in [0.1, 0.15) is 0 Å². The Morgan fingerprint density at radius 3 is 1.67 bits per heavy atom. The van der Waals surface area contributed by atoms with Crippen LogP contribution in [-0.2, 0) is 16.8 Å². The van der Waals surface area contributed by atoms with Gasteiger partial charge in [0.2, 0.25) is 0 Å². The van der Waals surface area contributed by atoms with Gasteiger partial charge in [0.15, 0.2) is 0 Å². The van der Waals surface area contributed by atoms with Gasteiger partial charge in [-0.2, -0.15) is 0 Å². The van der Waals surface area contributed by atoms with Gasteiger partial charge in [0.25, 0.3) is 5.09 Å². The van der Waals surface area contributed by atoms with Crippen molar-refractivity contribution in [2.75, 3.05) is 0 Å². The van der Waals surface area contributed by atoms with Crippen LogP contribution in [0.3, 0.4) is 0 Å². The predicted molar refractivity (Wildman–Crippen MR) is 12.4 cm³/mol. The third-order valence-corrected chi connectivity index (χ3v) is 0. The second kappa shape index (κ2) is 8.82. The van der Waals surface area contributed by atoms with Gasteiger partial charge < -0.3 is 10.7 Å². The molecule has 0 aromatic rings. The fourth-order valence-corrected chi connectivity index (χ4v) is 0. The molecule has 6 heavy (non-hydrogen) atoms. The van der Waals surface area contributed by atoms with Crippen molar-refractivity contribution < 1.29 is 32.5 Å². The Balaban J connectivity index is -0.0000000450. The molecule has 3 N–H and O–H groups in total. The van der Waals surface area contributed by atoms with Gasteiger partial charge in [-0.05, 0) is 0 Å². The van der Waals surface area contributed by atoms with Crippen molar-refractivity contribution in [1.82, 2.24) is 0 Å². The second-order valence-electron chi connectivity index (χ2n) is 0.238. The van der Waals surface area contributed by atoms with Crippen molar-refractivity contribution in [2.45, 2.75) is 0 Å². The molecule has 0 heterocycles. The fraction of sp³-hybridized carbons (Fsp3) is 0. The van der Waals surface area contributed by atoms with Crippen molar-refractivity contribution in [3.8, 4) is 0 Å². The topological polar surface area (TPSA) is 94.9 Å². The van der Waals surface area contributed by atoms with Crippen LogP contribution in [-0.4, -0.2) is 15.8 Å². The van der Waals surface area contributed by atoms with Gasteiger partial charge in [-0.15, -0.1) is 10.1 Å². The molecule has 1 radical (unpaired) electrons. The van der Waals surface area contributed by atoms with Crippen LogP contribution < -0.4 is 0 Å². The summed E-state index contributed by atoms with van der Waals surface area (Å²) in [5.74, 6) is 0. The third-order valence-electron chi connectivity index (χ3n) is 0. The van der Waals surface area contributed by atoms with Crippen molar-refractivity contribution >= 4 is 0 Å². The maximum absolute atomic E-state index is 8.36. The Morgan fingerprint density at radius 2 is 1.67 bits per heavy atom. The van der Waals surface area contributed by atoms with Crippen LogP contribution in [0.4, 0.5) is 0 Å². The molecule has 0 aliphatic rings. The molecule has 0 atom stereocenters. The minimum absolute atomic E-state index is 0. The summed E-state index contributed by atoms with van der Waals surface area (Å²) in [6.45, 7) is 0. The Hall–Kier alpha value is -0.334. The van der Waals surface area contributed by atoms with Crippen molar-refractivity contribution in [1.29, 1.82) is 0 Å². The summed E-state index contributed by atoms with van der Waals surface area (Å²) in [4.78, 5) is 8.36. The van der Waals surface area contributed by atoms with Crippen LogP contribution in [0, 0.1) is 10.1 Å². The van der Waals surface area contributed by atoms with Gasteiger partial charge in [0.05, 0.1) is 0 Å². The van der Waals surface area contributed by atoms with E-state index in [1.165, 1.54) is 0 Å². The quantitative estimate of drug-likeness (QED) is 0.339. The van der Waals surface area contributed by atoms with Gasteiger partial charge in [-0.3, -0.25) is 0 Å². The summed E-state index contributed by atoms with van der Waals surface area (Å²) in [7, 11) is 0. The van der Waals surface area contributed by atoms with Crippen molar-refractivity contribution in [3.05, 3.63) is 10.1 Å². The van der Waals surface area contributed by atoms with Crippen LogP contribution in [0.2, 0.25) is 0 Å². The van der Waals surface area contributed by atoms with E-state index in [0.717, 1.165) is 0 Å². The standard InChI is InChI=1S/Co.HNO3.H2O/c;2-1(3)4;/h;(H,2,3,4);1H2. The second-order valence-corrected chi connectivity index (χ2v) is 0.238. The maximum Gasteiger partial charge on any atom is 0.291 e. The monoisotopic (exact) mass is 140 g/mol. The van der Waals surface area contributed by atoms with E-state index in [-0.39, 0.29) is 22.3 Å². The van der Waals surface area contributed by atoms with E-state index in [0.29, 0.717) is 0 Å². The summed E-state index contributed by atoms with van der Waals surface area (Å²) < 4.78 is 0. The fourth-order valence-electron chi connectivity index (χ4n) is 0. The molecule has 0 saturated heterocycles. The number of nitrogens with zero attached hydrogens (tertiary/aromatic N) is 1. The average Bonchev–Trinajstić information content (AvgIpc) is 0.811. The molecule has 0 unspecified atom stereocenters. The first-order valence-corrected chi connectivity index (χ1v) is 0.565. The smallest absolute Gasteiger partial charge is 0.291 e. The van der Waals surface area contributed by atoms with E-state index in [1.54, 1.807) is 0 Å². The minimum Gasteiger partial charge on any atom is -0.412 e. The van der Waals surface area contributed by atoms with E-state index in [2.05, 4.69) is 0 Å². The van der Waals surface area contributed by atoms with Crippen molar-refractivity contribution in [2.24, 2.45) is 0 Å². The minimum atomic E-state index is -1.50. The number of hydrogen-bond donors (Lipinski definition) is 1. The first-order valence-electron chi connectivity index (χ1n) is 0.565. The molecule has 0 aliphatic carbocycles. The van der Waals surface area contributed by atoms with E-state index in [1.807, 2.05) is 0 Å². The van der Waals surface area contributed by atoms with E-state index < -0.39 is 5.09 Å². The van der Waals surface area contributed by atoms with E-state index in [4.69, 9.17) is 15.3 Å². The van der Waals surface area contributed by atoms with Crippen LogP contribution in [0.1, 0.15) is 0 Å². The van der Waals surface area contributed by atoms with Crippen LogP contribution in [0.25, 0.3) is 0 Å². The molecular formula is H3CoNO4. The molecule has 41 valence electrons. The summed E-state index contributed by atoms with van der Waals surface area (Å²) >= 11 is 0. The Morgan fingerprint density at radius 1 is 1.67 bits per heavy atom. The zero-order chi connectivity index (χ0) is 3.58. The van der Waals surface area contributed by atoms with Crippen LogP contribution >= 0.6 is 0 Å². The normalized spacial score (nSPS) is 4.00. The first kappa shape index (κ1) is 17.4. The molecule has 5 nitrogen and oxygen atoms in total. The predicted octanol–water partition coefficient (Wildman–Crippen LogP) is -1.17. The summed E-state index contributed by atoms with van der Waals surface area (Å²) in [5, 5.41) is 13.6. The van der Waals surface area contributed by atoms with Crippen molar-refractivity contribution in [3.63, 3.8) is 0 Å². The van der Waals surface area contributed by atoms with Gasteiger partial charge in [-0.25, -0.2) is 0 Å². The molecule has 0 spiro atoms. The summed E-state index contributed by atoms with van der Waals surface area (Å²) in [6, 6.07) is 0. The molecular weight excluding hydrogens is 137 g/mol. The third kappa shape index (κ3) is 234. The van der Waals surface area contributed by atoms with E-state index in [9.17, 15) is 0 Å². The zero-order valence-corrected chi connectivity index (χ0v) is 3.59. The Kier molecular flexibility index (Phi) is 25.5. The summed E-state index contributed by atoms with van der Waals surface area (Å²) in [6.07, 6.45) is 0. The van der Waals surface area contributed by atoms with Crippen LogP contribution in [0.15, 0.2) is 0 Å². The molecule has 0 saturated carbocycles. The molecule has 0 aromatic heterocycles. The van der Waals surface area contributed by atoms with E-state index >= 15 is 0 Å². The summed E-state index contributed by atoms with van der Waals surface area (Å²) in [5.41, 5.74) is 0. The van der Waals surface area contributed by atoms with Gasteiger partial charge >= 0.3 is 0 Å². The first-order chi connectivity index (χ1) is 1.73. The van der Waals surface area contributed by atoms with Gasteiger partial charge in [0, 0.05) is 16.8 Å².